The lowest BCUT2D eigenvalue weighted by molar-refractivity contribution is -0.116. The van der Waals surface area contributed by atoms with Crippen molar-refractivity contribution in [3.8, 4) is 0 Å². The number of amidine groups is 1. The maximum atomic E-state index is 13.3. The number of benzene rings is 3. The first-order valence-corrected chi connectivity index (χ1v) is 10.7. The number of carbonyl (C=O) groups is 2. The smallest absolute Gasteiger partial charge is 0.282 e. The Labute approximate surface area is 189 Å². The van der Waals surface area contributed by atoms with Crippen molar-refractivity contribution < 1.29 is 9.59 Å². The van der Waals surface area contributed by atoms with E-state index in [4.69, 9.17) is 0 Å². The highest BCUT2D eigenvalue weighted by molar-refractivity contribution is 9.10. The monoisotopic (exact) mass is 473 g/mol. The Balaban J connectivity index is 1.72. The van der Waals surface area contributed by atoms with Gasteiger partial charge in [0.2, 0.25) is 5.91 Å². The summed E-state index contributed by atoms with van der Waals surface area (Å²) in [6, 6.07) is 24.5. The lowest BCUT2D eigenvalue weighted by Crippen LogP contribution is -2.32. The van der Waals surface area contributed by atoms with Crippen LogP contribution in [0.15, 0.2) is 94.0 Å². The molecule has 0 radical (unpaired) electrons. The molecule has 0 aliphatic carbocycles. The number of anilines is 2. The van der Waals surface area contributed by atoms with Crippen molar-refractivity contribution in [2.75, 3.05) is 10.2 Å². The maximum Gasteiger partial charge on any atom is 0.282 e. The minimum atomic E-state index is -0.202. The van der Waals surface area contributed by atoms with Gasteiger partial charge in [0, 0.05) is 22.1 Å². The first-order chi connectivity index (χ1) is 15.0. The van der Waals surface area contributed by atoms with E-state index in [0.717, 1.165) is 15.6 Å². The molecule has 31 heavy (non-hydrogen) atoms. The minimum Gasteiger partial charge on any atom is -0.326 e. The molecule has 3 aromatic rings. The normalized spacial score (nSPS) is 14.6. The second kappa shape index (κ2) is 9.10. The van der Waals surface area contributed by atoms with Crippen LogP contribution in [-0.2, 0) is 9.59 Å². The first kappa shape index (κ1) is 20.8. The zero-order valence-electron chi connectivity index (χ0n) is 16.9. The molecule has 3 aromatic carbocycles. The summed E-state index contributed by atoms with van der Waals surface area (Å²) in [6.45, 7) is 1.80. The van der Waals surface area contributed by atoms with Gasteiger partial charge in [-0.3, -0.25) is 14.5 Å². The van der Waals surface area contributed by atoms with E-state index in [1.165, 1.54) is 0 Å². The summed E-state index contributed by atoms with van der Waals surface area (Å²) in [5.41, 5.74) is 3.47. The van der Waals surface area contributed by atoms with E-state index in [0.29, 0.717) is 29.3 Å². The number of nitrogens with one attached hydrogen (secondary N) is 1. The molecule has 0 spiro atoms. The molecule has 6 heteroatoms. The van der Waals surface area contributed by atoms with E-state index in [1.54, 1.807) is 30.0 Å². The molecule has 1 heterocycles. The van der Waals surface area contributed by atoms with Crippen LogP contribution in [0, 0.1) is 0 Å². The van der Waals surface area contributed by atoms with Crippen molar-refractivity contribution in [3.05, 3.63) is 100 Å². The summed E-state index contributed by atoms with van der Waals surface area (Å²) < 4.78 is 0.970. The van der Waals surface area contributed by atoms with Gasteiger partial charge in [0.05, 0.1) is 5.69 Å². The third kappa shape index (κ3) is 4.64. The van der Waals surface area contributed by atoms with Gasteiger partial charge in [0.25, 0.3) is 5.91 Å². The lowest BCUT2D eigenvalue weighted by atomic mass is 10.1. The molecule has 1 N–H and O–H groups in total. The first-order valence-electron chi connectivity index (χ1n) is 9.91. The van der Waals surface area contributed by atoms with E-state index < -0.39 is 0 Å². The van der Waals surface area contributed by atoms with Crippen LogP contribution in [0.2, 0.25) is 0 Å². The Bertz CT molecular complexity index is 1170. The number of amides is 2. The van der Waals surface area contributed by atoms with Gasteiger partial charge in [-0.1, -0.05) is 65.3 Å². The summed E-state index contributed by atoms with van der Waals surface area (Å²) >= 11 is 3.43. The van der Waals surface area contributed by atoms with E-state index in [-0.39, 0.29) is 11.8 Å². The van der Waals surface area contributed by atoms with Crippen LogP contribution in [0.5, 0.6) is 0 Å². The molecule has 2 amide bonds. The summed E-state index contributed by atoms with van der Waals surface area (Å²) in [4.78, 5) is 31.3. The van der Waals surface area contributed by atoms with Crippen LogP contribution < -0.4 is 10.2 Å². The lowest BCUT2D eigenvalue weighted by Gasteiger charge is -2.19. The van der Waals surface area contributed by atoms with Crippen molar-refractivity contribution in [1.82, 2.24) is 0 Å². The average molecular weight is 474 g/mol. The van der Waals surface area contributed by atoms with Gasteiger partial charge in [-0.05, 0) is 48.0 Å². The second-order valence-electron chi connectivity index (χ2n) is 6.97. The number of aliphatic imine (C=N–C) groups is 1. The number of rotatable bonds is 5. The molecule has 0 fully saturated rings. The predicted octanol–water partition coefficient (Wildman–Crippen LogP) is 5.63. The quantitative estimate of drug-likeness (QED) is 0.487. The number of hydrogen-bond acceptors (Lipinski definition) is 3. The van der Waals surface area contributed by atoms with Crippen LogP contribution in [0.1, 0.15) is 24.5 Å². The highest BCUT2D eigenvalue weighted by Gasteiger charge is 2.32. The van der Waals surface area contributed by atoms with Crippen molar-refractivity contribution in [2.24, 2.45) is 4.99 Å². The Morgan fingerprint density at radius 3 is 2.32 bits per heavy atom. The van der Waals surface area contributed by atoms with E-state index in [2.05, 4.69) is 26.2 Å². The third-order valence-electron chi connectivity index (χ3n) is 4.80. The number of nitrogens with zero attached hydrogens (tertiary/aromatic N) is 2. The summed E-state index contributed by atoms with van der Waals surface area (Å²) in [5, 5.41) is 2.82. The molecule has 154 valence electrons. The summed E-state index contributed by atoms with van der Waals surface area (Å²) in [6.07, 6.45) is 2.19. The molecule has 0 saturated carbocycles. The van der Waals surface area contributed by atoms with Gasteiger partial charge in [-0.2, -0.15) is 0 Å². The highest BCUT2D eigenvalue weighted by Crippen LogP contribution is 2.29. The zero-order chi connectivity index (χ0) is 21.8. The van der Waals surface area contributed by atoms with Crippen LogP contribution in [0.25, 0.3) is 6.08 Å². The molecule has 5 nitrogen and oxygen atoms in total. The zero-order valence-corrected chi connectivity index (χ0v) is 18.5. The summed E-state index contributed by atoms with van der Waals surface area (Å²) in [5.74, 6) is 0.308. The number of hydrogen-bond donors (Lipinski definition) is 1. The molecule has 1 aliphatic heterocycles. The molecule has 0 aromatic heterocycles. The fraction of sp³-hybridized carbons (Fsp3) is 0.0800. The van der Waals surface area contributed by atoms with Gasteiger partial charge in [0.1, 0.15) is 11.5 Å². The standard InChI is InChI=1S/C25H20BrN3O2/c1-2-23(30)27-20-12-14-21(15-13-20)29-24(18-6-4-3-5-7-18)28-22(25(29)31)16-17-8-10-19(26)11-9-17/h3-16H,2H2,1H3,(H,27,30)/b22-16-. The molecule has 0 bridgehead atoms. The van der Waals surface area contributed by atoms with Gasteiger partial charge < -0.3 is 5.32 Å². The van der Waals surface area contributed by atoms with E-state index >= 15 is 0 Å². The van der Waals surface area contributed by atoms with Gasteiger partial charge in [-0.25, -0.2) is 4.99 Å². The SMILES string of the molecule is CCC(=O)Nc1ccc(N2C(=O)/C(=C/c3ccc(Br)cc3)N=C2c2ccccc2)cc1. The van der Waals surface area contributed by atoms with Crippen molar-refractivity contribution in [1.29, 1.82) is 0 Å². The number of carbonyl (C=O) groups excluding carboxylic acids is 2. The molecule has 1 aliphatic rings. The Hall–Kier alpha value is -3.51. The van der Waals surface area contributed by atoms with Crippen molar-refractivity contribution in [3.63, 3.8) is 0 Å². The average Bonchev–Trinajstić information content (AvgIpc) is 3.12. The van der Waals surface area contributed by atoms with Gasteiger partial charge in [-0.15, -0.1) is 0 Å². The highest BCUT2D eigenvalue weighted by atomic mass is 79.9. The van der Waals surface area contributed by atoms with Crippen LogP contribution >= 0.6 is 15.9 Å². The van der Waals surface area contributed by atoms with E-state index in [9.17, 15) is 9.59 Å². The molecular weight excluding hydrogens is 454 g/mol. The Morgan fingerprint density at radius 2 is 1.68 bits per heavy atom. The molecular formula is C25H20BrN3O2. The van der Waals surface area contributed by atoms with Gasteiger partial charge >= 0.3 is 0 Å². The fourth-order valence-electron chi connectivity index (χ4n) is 3.20. The van der Waals surface area contributed by atoms with Crippen molar-refractivity contribution in [2.45, 2.75) is 13.3 Å². The van der Waals surface area contributed by atoms with Crippen molar-refractivity contribution >= 4 is 51.0 Å². The van der Waals surface area contributed by atoms with Crippen LogP contribution in [0.3, 0.4) is 0 Å². The topological polar surface area (TPSA) is 61.8 Å². The number of halogens is 1. The third-order valence-corrected chi connectivity index (χ3v) is 5.32. The van der Waals surface area contributed by atoms with Crippen LogP contribution in [-0.4, -0.2) is 17.6 Å². The Kier molecular flexibility index (Phi) is 6.09. The molecule has 0 atom stereocenters. The molecule has 4 rings (SSSR count). The second-order valence-corrected chi connectivity index (χ2v) is 7.89. The van der Waals surface area contributed by atoms with E-state index in [1.807, 2.05) is 66.7 Å². The minimum absolute atomic E-state index is 0.0590. The molecule has 0 saturated heterocycles. The van der Waals surface area contributed by atoms with Crippen LogP contribution in [0.4, 0.5) is 11.4 Å². The summed E-state index contributed by atoms with van der Waals surface area (Å²) in [7, 11) is 0. The maximum absolute atomic E-state index is 13.3. The predicted molar refractivity (Wildman–Crippen MR) is 128 cm³/mol. The van der Waals surface area contributed by atoms with Gasteiger partial charge in [0.15, 0.2) is 0 Å². The largest absolute Gasteiger partial charge is 0.326 e. The Morgan fingerprint density at radius 1 is 1.00 bits per heavy atom. The fourth-order valence-corrected chi connectivity index (χ4v) is 3.46. The molecule has 0 unspecified atom stereocenters.